The molecule has 0 radical (unpaired) electrons. The van der Waals surface area contributed by atoms with Gasteiger partial charge < -0.3 is 15.1 Å². The van der Waals surface area contributed by atoms with Crippen molar-refractivity contribution in [3.05, 3.63) is 168 Å². The summed E-state index contributed by atoms with van der Waals surface area (Å²) in [6.07, 6.45) is 6.75. The maximum absolute atomic E-state index is 3.96. The van der Waals surface area contributed by atoms with E-state index in [2.05, 4.69) is 181 Å². The molecule has 6 aromatic carbocycles. The molecule has 1 saturated carbocycles. The van der Waals surface area contributed by atoms with E-state index < -0.39 is 0 Å². The predicted molar refractivity (Wildman–Crippen MR) is 215 cm³/mol. The van der Waals surface area contributed by atoms with Gasteiger partial charge in [-0.15, -0.1) is 0 Å². The van der Waals surface area contributed by atoms with Crippen LogP contribution in [0.25, 0.3) is 10.8 Å². The molecule has 1 aliphatic rings. The second-order valence-corrected chi connectivity index (χ2v) is 13.7. The van der Waals surface area contributed by atoms with Gasteiger partial charge in [0.1, 0.15) is 0 Å². The van der Waals surface area contributed by atoms with E-state index in [0.717, 1.165) is 19.0 Å². The third-order valence-electron chi connectivity index (χ3n) is 10.6. The van der Waals surface area contributed by atoms with Crippen molar-refractivity contribution in [3.63, 3.8) is 0 Å². The molecule has 0 spiro atoms. The minimum absolute atomic E-state index is 0.449. The largest absolute Gasteiger partial charge is 0.381 e. The molecule has 3 heteroatoms. The van der Waals surface area contributed by atoms with Crippen LogP contribution >= 0.6 is 0 Å². The smallest absolute Gasteiger partial charge is 0.0638 e. The zero-order chi connectivity index (χ0) is 34.3. The fourth-order valence-electron chi connectivity index (χ4n) is 7.98. The fraction of sp³-hybridized carbons (Fsp3) is 0.255. The van der Waals surface area contributed by atoms with E-state index in [1.807, 2.05) is 0 Å². The summed E-state index contributed by atoms with van der Waals surface area (Å²) in [4.78, 5) is 4.73. The Hall–Kier alpha value is -5.15. The summed E-state index contributed by atoms with van der Waals surface area (Å²) in [5.74, 6) is 1.98. The Morgan fingerprint density at radius 1 is 0.540 bits per heavy atom. The number of anilines is 5. The average molecular weight is 657 g/mol. The standard InChI is InChI=1S/C47H50N3/c1-4-49(39-19-11-7-12-20-39)41-29-25-37(26-30-41)47(38-27-31-42(32-28-38)50(5-2)40-21-13-8-14-22-40)45-33-34-46(44-24-16-15-23-43(44)45)48-35(3)36-17-9-6-10-18-36/h7-8,11-16,19-36,48H,4-6,9-10,17-18H2,1-3H3/q+1. The Morgan fingerprint density at radius 2 is 1.00 bits per heavy atom. The molecule has 252 valence electrons. The number of nitrogens with one attached hydrogen (secondary N) is 1. The van der Waals surface area contributed by atoms with Crippen molar-refractivity contribution < 1.29 is 0 Å². The Labute approximate surface area is 299 Å². The highest BCUT2D eigenvalue weighted by atomic mass is 15.1. The first-order valence-electron chi connectivity index (χ1n) is 18.7. The third-order valence-corrected chi connectivity index (χ3v) is 10.6. The molecule has 1 unspecified atom stereocenters. The predicted octanol–water partition coefficient (Wildman–Crippen LogP) is 12.6. The number of nitrogens with zero attached hydrogens (tertiary/aromatic N) is 2. The van der Waals surface area contributed by atoms with Gasteiger partial charge in [-0.2, -0.15) is 0 Å². The summed E-state index contributed by atoms with van der Waals surface area (Å²) in [5, 5.41) is 6.52. The Kier molecular flexibility index (Phi) is 10.4. The number of benzene rings is 6. The second kappa shape index (κ2) is 15.6. The SMILES string of the molecule is CCN(c1ccccc1)c1ccc([C+](c2ccc(N(CC)c3ccccc3)cc2)c2ccc(NC(C)C3CCCCC3)c3ccccc23)cc1. The van der Waals surface area contributed by atoms with E-state index in [4.69, 9.17) is 0 Å². The maximum Gasteiger partial charge on any atom is 0.0638 e. The molecule has 7 rings (SSSR count). The van der Waals surface area contributed by atoms with Crippen molar-refractivity contribution in [2.24, 2.45) is 5.92 Å². The van der Waals surface area contributed by atoms with E-state index >= 15 is 0 Å². The molecule has 0 aromatic heterocycles. The van der Waals surface area contributed by atoms with Crippen LogP contribution in [-0.4, -0.2) is 19.1 Å². The van der Waals surface area contributed by atoms with E-state index in [9.17, 15) is 0 Å². The molecule has 0 amide bonds. The molecule has 1 aliphatic carbocycles. The molecule has 1 fully saturated rings. The molecule has 0 aliphatic heterocycles. The van der Waals surface area contributed by atoms with Gasteiger partial charge in [-0.25, -0.2) is 0 Å². The van der Waals surface area contributed by atoms with Crippen LogP contribution in [0, 0.1) is 11.8 Å². The average Bonchev–Trinajstić information content (AvgIpc) is 3.18. The van der Waals surface area contributed by atoms with E-state index in [1.165, 1.54) is 93.9 Å². The second-order valence-electron chi connectivity index (χ2n) is 13.7. The van der Waals surface area contributed by atoms with Crippen molar-refractivity contribution in [3.8, 4) is 0 Å². The molecule has 6 aromatic rings. The van der Waals surface area contributed by atoms with Crippen molar-refractivity contribution in [2.75, 3.05) is 28.2 Å². The highest BCUT2D eigenvalue weighted by Gasteiger charge is 2.27. The number of para-hydroxylation sites is 2. The molecule has 0 saturated heterocycles. The van der Waals surface area contributed by atoms with Crippen molar-refractivity contribution in [1.29, 1.82) is 0 Å². The lowest BCUT2D eigenvalue weighted by molar-refractivity contribution is 0.328. The lowest BCUT2D eigenvalue weighted by Crippen LogP contribution is -2.27. The summed E-state index contributed by atoms with van der Waals surface area (Å²) in [7, 11) is 0. The zero-order valence-corrected chi connectivity index (χ0v) is 29.9. The summed E-state index contributed by atoms with van der Waals surface area (Å²) in [5.41, 5.74) is 9.71. The van der Waals surface area contributed by atoms with Gasteiger partial charge in [0.25, 0.3) is 0 Å². The Bertz CT molecular complexity index is 1850. The van der Waals surface area contributed by atoms with E-state index in [0.29, 0.717) is 6.04 Å². The molecule has 0 bridgehead atoms. The van der Waals surface area contributed by atoms with Crippen LogP contribution in [0.15, 0.2) is 146 Å². The normalized spacial score (nSPS) is 13.9. The molecular weight excluding hydrogens is 607 g/mol. The van der Waals surface area contributed by atoms with Crippen molar-refractivity contribution in [2.45, 2.75) is 58.9 Å². The van der Waals surface area contributed by atoms with Gasteiger partial charge in [-0.1, -0.05) is 67.8 Å². The van der Waals surface area contributed by atoms with Gasteiger partial charge >= 0.3 is 0 Å². The topological polar surface area (TPSA) is 18.5 Å². The summed E-state index contributed by atoms with van der Waals surface area (Å²) >= 11 is 0. The lowest BCUT2D eigenvalue weighted by Gasteiger charge is -2.29. The monoisotopic (exact) mass is 656 g/mol. The summed E-state index contributed by atoms with van der Waals surface area (Å²) in [6.45, 7) is 8.60. The van der Waals surface area contributed by atoms with Gasteiger partial charge in [-0.3, -0.25) is 0 Å². The molecule has 3 nitrogen and oxygen atoms in total. The van der Waals surface area contributed by atoms with Gasteiger partial charge in [0.2, 0.25) is 0 Å². The Morgan fingerprint density at radius 3 is 1.50 bits per heavy atom. The maximum atomic E-state index is 3.96. The third kappa shape index (κ3) is 7.09. The molecule has 1 N–H and O–H groups in total. The van der Waals surface area contributed by atoms with Crippen molar-refractivity contribution in [1.82, 2.24) is 0 Å². The van der Waals surface area contributed by atoms with Crippen molar-refractivity contribution >= 4 is 39.2 Å². The summed E-state index contributed by atoms with van der Waals surface area (Å²) in [6, 6.07) is 53.7. The van der Waals surface area contributed by atoms with Crippen LogP contribution in [-0.2, 0) is 0 Å². The first kappa shape index (κ1) is 33.4. The van der Waals surface area contributed by atoms with Crippen LogP contribution in [0.5, 0.6) is 0 Å². The van der Waals surface area contributed by atoms with Gasteiger partial charge in [0.05, 0.1) is 39.7 Å². The molecule has 0 heterocycles. The van der Waals surface area contributed by atoms with Gasteiger partial charge in [0.15, 0.2) is 0 Å². The first-order valence-corrected chi connectivity index (χ1v) is 18.7. The molecule has 1 atom stereocenters. The van der Waals surface area contributed by atoms with Crippen LogP contribution < -0.4 is 15.1 Å². The number of hydrogen-bond donors (Lipinski definition) is 1. The van der Waals surface area contributed by atoms with Gasteiger partial charge in [-0.05, 0) is 137 Å². The minimum atomic E-state index is 0.449. The first-order chi connectivity index (χ1) is 24.6. The van der Waals surface area contributed by atoms with Crippen LogP contribution in [0.3, 0.4) is 0 Å². The zero-order valence-electron chi connectivity index (χ0n) is 29.9. The van der Waals surface area contributed by atoms with E-state index in [1.54, 1.807) is 0 Å². The molecule has 50 heavy (non-hydrogen) atoms. The fourth-order valence-corrected chi connectivity index (χ4v) is 7.98. The van der Waals surface area contributed by atoms with Gasteiger partial charge in [0, 0.05) is 41.3 Å². The van der Waals surface area contributed by atoms with E-state index in [-0.39, 0.29) is 0 Å². The highest BCUT2D eigenvalue weighted by Crippen LogP contribution is 2.40. The minimum Gasteiger partial charge on any atom is -0.381 e. The Balaban J connectivity index is 1.29. The quantitative estimate of drug-likeness (QED) is 0.104. The highest BCUT2D eigenvalue weighted by molar-refractivity contribution is 5.98. The number of hydrogen-bond acceptors (Lipinski definition) is 3. The molecular formula is C47H50N3+. The number of rotatable bonds is 12. The number of fused-ring (bicyclic) bond motifs is 1. The lowest BCUT2D eigenvalue weighted by atomic mass is 9.82. The van der Waals surface area contributed by atoms with Crippen LogP contribution in [0.4, 0.5) is 28.4 Å². The van der Waals surface area contributed by atoms with Crippen LogP contribution in [0.2, 0.25) is 0 Å². The summed E-state index contributed by atoms with van der Waals surface area (Å²) < 4.78 is 0. The van der Waals surface area contributed by atoms with Crippen LogP contribution in [0.1, 0.15) is 69.6 Å².